The summed E-state index contributed by atoms with van der Waals surface area (Å²) in [5.74, 6) is 0.693. The number of fused-ring (bicyclic) bond motifs is 1. The molecule has 3 rings (SSSR count). The van der Waals surface area contributed by atoms with Crippen molar-refractivity contribution in [2.75, 3.05) is 5.32 Å². The largest absolute Gasteiger partial charge is 0.326 e. The number of nitrogens with one attached hydrogen (secondary N) is 1. The van der Waals surface area contributed by atoms with Gasteiger partial charge >= 0.3 is 0 Å². The second-order valence-electron chi connectivity index (χ2n) is 4.88. The minimum Gasteiger partial charge on any atom is -0.326 e. The molecule has 1 heterocycles. The van der Waals surface area contributed by atoms with Gasteiger partial charge in [0.2, 0.25) is 5.91 Å². The summed E-state index contributed by atoms with van der Waals surface area (Å²) in [5, 5.41) is 3.91. The second kappa shape index (κ2) is 7.09. The molecule has 0 unspecified atom stereocenters. The Hall–Kier alpha value is -1.27. The van der Waals surface area contributed by atoms with Gasteiger partial charge in [-0.25, -0.2) is 4.98 Å². The topological polar surface area (TPSA) is 42.0 Å². The Morgan fingerprint density at radius 3 is 2.78 bits per heavy atom. The van der Waals surface area contributed by atoms with Crippen LogP contribution >= 0.6 is 46.3 Å². The molecule has 1 aromatic heterocycles. The van der Waals surface area contributed by atoms with E-state index in [2.05, 4.69) is 10.3 Å². The van der Waals surface area contributed by atoms with Gasteiger partial charge in [0, 0.05) is 18.4 Å². The Kier molecular flexibility index (Phi) is 5.11. The molecule has 0 atom stereocenters. The van der Waals surface area contributed by atoms with E-state index in [9.17, 15) is 4.79 Å². The van der Waals surface area contributed by atoms with Gasteiger partial charge in [-0.3, -0.25) is 4.79 Å². The van der Waals surface area contributed by atoms with Crippen LogP contribution in [0.5, 0.6) is 0 Å². The molecule has 0 saturated heterocycles. The van der Waals surface area contributed by atoms with Crippen molar-refractivity contribution in [2.24, 2.45) is 0 Å². The van der Waals surface area contributed by atoms with Crippen LogP contribution in [0.3, 0.4) is 0 Å². The molecule has 3 nitrogen and oxygen atoms in total. The molecule has 0 aliphatic heterocycles. The number of thioether (sulfide) groups is 1. The lowest BCUT2D eigenvalue weighted by Crippen LogP contribution is -2.05. The molecule has 3 aromatic rings. The molecule has 1 amide bonds. The van der Waals surface area contributed by atoms with Crippen molar-refractivity contribution in [3.8, 4) is 0 Å². The fourth-order valence-electron chi connectivity index (χ4n) is 2.02. The van der Waals surface area contributed by atoms with E-state index in [-0.39, 0.29) is 5.91 Å². The summed E-state index contributed by atoms with van der Waals surface area (Å²) in [4.78, 5) is 15.7. The normalized spacial score (nSPS) is 10.9. The van der Waals surface area contributed by atoms with Crippen LogP contribution in [0, 0.1) is 0 Å². The number of amides is 1. The minimum atomic E-state index is -0.0805. The molecule has 0 fully saturated rings. The summed E-state index contributed by atoms with van der Waals surface area (Å²) in [6, 6.07) is 11.4. The SMILES string of the molecule is CC(=O)Nc1ccc2nc(SCc3ccc(Cl)c(Cl)c3)sc2c1. The number of anilines is 1. The molecule has 118 valence electrons. The standard InChI is InChI=1S/C16H12Cl2N2OS2/c1-9(21)19-11-3-5-14-15(7-11)23-16(20-14)22-8-10-2-4-12(17)13(18)6-10/h2-7H,8H2,1H3,(H,19,21). The van der Waals surface area contributed by atoms with Crippen LogP contribution in [-0.2, 0) is 10.5 Å². The third-order valence-corrected chi connectivity index (χ3v) is 6.01. The first-order valence-corrected chi connectivity index (χ1v) is 9.32. The summed E-state index contributed by atoms with van der Waals surface area (Å²) >= 11 is 15.2. The summed E-state index contributed by atoms with van der Waals surface area (Å²) in [5.41, 5.74) is 2.82. The van der Waals surface area contributed by atoms with Gasteiger partial charge < -0.3 is 5.32 Å². The molecule has 1 N–H and O–H groups in total. The van der Waals surface area contributed by atoms with Crippen molar-refractivity contribution in [1.82, 2.24) is 4.98 Å². The van der Waals surface area contributed by atoms with E-state index >= 15 is 0 Å². The molecule has 0 aliphatic carbocycles. The Bertz CT molecular complexity index is 880. The van der Waals surface area contributed by atoms with Crippen LogP contribution in [0.4, 0.5) is 5.69 Å². The van der Waals surface area contributed by atoms with Crippen molar-refractivity contribution in [1.29, 1.82) is 0 Å². The van der Waals surface area contributed by atoms with Crippen molar-refractivity contribution >= 4 is 68.1 Å². The lowest BCUT2D eigenvalue weighted by Gasteiger charge is -2.01. The van der Waals surface area contributed by atoms with Crippen LogP contribution in [-0.4, -0.2) is 10.9 Å². The highest BCUT2D eigenvalue weighted by Gasteiger charge is 2.07. The number of thiazole rings is 1. The lowest BCUT2D eigenvalue weighted by molar-refractivity contribution is -0.114. The fraction of sp³-hybridized carbons (Fsp3) is 0.125. The molecular formula is C16H12Cl2N2OS2. The first kappa shape index (κ1) is 16.6. The number of aromatic nitrogens is 1. The molecule has 0 saturated carbocycles. The number of carbonyl (C=O) groups excluding carboxylic acids is 1. The molecular weight excluding hydrogens is 371 g/mol. The second-order valence-corrected chi connectivity index (χ2v) is 7.95. The van der Waals surface area contributed by atoms with Crippen LogP contribution in [0.1, 0.15) is 12.5 Å². The number of benzene rings is 2. The van der Waals surface area contributed by atoms with Crippen molar-refractivity contribution < 1.29 is 4.79 Å². The molecule has 23 heavy (non-hydrogen) atoms. The van der Waals surface area contributed by atoms with E-state index in [1.54, 1.807) is 29.2 Å². The number of hydrogen-bond donors (Lipinski definition) is 1. The van der Waals surface area contributed by atoms with Gasteiger partial charge in [0.25, 0.3) is 0 Å². The zero-order valence-corrected chi connectivity index (χ0v) is 15.2. The van der Waals surface area contributed by atoms with E-state index in [0.29, 0.717) is 10.0 Å². The monoisotopic (exact) mass is 382 g/mol. The third-order valence-electron chi connectivity index (χ3n) is 3.04. The van der Waals surface area contributed by atoms with Crippen LogP contribution in [0.2, 0.25) is 10.0 Å². The Balaban J connectivity index is 1.75. The van der Waals surface area contributed by atoms with Gasteiger partial charge in [0.15, 0.2) is 4.34 Å². The maximum Gasteiger partial charge on any atom is 0.221 e. The van der Waals surface area contributed by atoms with E-state index in [0.717, 1.165) is 31.6 Å². The average Bonchev–Trinajstić information content (AvgIpc) is 2.90. The van der Waals surface area contributed by atoms with Crippen molar-refractivity contribution in [3.63, 3.8) is 0 Å². The Labute approximate surface area is 152 Å². The van der Waals surface area contributed by atoms with Crippen LogP contribution in [0.25, 0.3) is 10.2 Å². The fourth-order valence-corrected chi connectivity index (χ4v) is 4.39. The first-order chi connectivity index (χ1) is 11.0. The van der Waals surface area contributed by atoms with E-state index < -0.39 is 0 Å². The van der Waals surface area contributed by atoms with Crippen molar-refractivity contribution in [3.05, 3.63) is 52.0 Å². The summed E-state index contributed by atoms with van der Waals surface area (Å²) in [6.45, 7) is 1.50. The van der Waals surface area contributed by atoms with Gasteiger partial charge in [0.05, 0.1) is 20.3 Å². The van der Waals surface area contributed by atoms with Gasteiger partial charge in [-0.2, -0.15) is 0 Å². The Morgan fingerprint density at radius 2 is 2.04 bits per heavy atom. The van der Waals surface area contributed by atoms with E-state index in [1.807, 2.05) is 30.3 Å². The maximum atomic E-state index is 11.1. The molecule has 0 aliphatic rings. The highest BCUT2D eigenvalue weighted by Crippen LogP contribution is 2.33. The maximum absolute atomic E-state index is 11.1. The predicted molar refractivity (Wildman–Crippen MR) is 99.9 cm³/mol. The number of nitrogens with zero attached hydrogens (tertiary/aromatic N) is 1. The number of hydrogen-bond acceptors (Lipinski definition) is 4. The summed E-state index contributed by atoms with van der Waals surface area (Å²) in [7, 11) is 0. The summed E-state index contributed by atoms with van der Waals surface area (Å²) in [6.07, 6.45) is 0. The van der Waals surface area contributed by atoms with Gasteiger partial charge in [0.1, 0.15) is 0 Å². The lowest BCUT2D eigenvalue weighted by atomic mass is 10.2. The quantitative estimate of drug-likeness (QED) is 0.575. The first-order valence-electron chi connectivity index (χ1n) is 6.76. The minimum absolute atomic E-state index is 0.0805. The predicted octanol–water partition coefficient (Wildman–Crippen LogP) is 5.85. The average molecular weight is 383 g/mol. The van der Waals surface area contributed by atoms with Gasteiger partial charge in [-0.1, -0.05) is 41.0 Å². The number of carbonyl (C=O) groups is 1. The smallest absolute Gasteiger partial charge is 0.221 e. The van der Waals surface area contributed by atoms with Crippen LogP contribution in [0.15, 0.2) is 40.7 Å². The zero-order valence-electron chi connectivity index (χ0n) is 12.1. The zero-order chi connectivity index (χ0) is 16.4. The van der Waals surface area contributed by atoms with Crippen LogP contribution < -0.4 is 5.32 Å². The highest BCUT2D eigenvalue weighted by atomic mass is 35.5. The molecule has 7 heteroatoms. The van der Waals surface area contributed by atoms with Gasteiger partial charge in [-0.15, -0.1) is 11.3 Å². The molecule has 0 radical (unpaired) electrons. The molecule has 2 aromatic carbocycles. The Morgan fingerprint density at radius 1 is 1.22 bits per heavy atom. The van der Waals surface area contributed by atoms with E-state index in [1.165, 1.54) is 6.92 Å². The van der Waals surface area contributed by atoms with Gasteiger partial charge in [-0.05, 0) is 35.9 Å². The van der Waals surface area contributed by atoms with Crippen molar-refractivity contribution in [2.45, 2.75) is 17.0 Å². The highest BCUT2D eigenvalue weighted by molar-refractivity contribution is 8.00. The molecule has 0 bridgehead atoms. The number of halogens is 2. The van der Waals surface area contributed by atoms with E-state index in [4.69, 9.17) is 23.2 Å². The summed E-state index contributed by atoms with van der Waals surface area (Å²) < 4.78 is 2.03. The molecule has 0 spiro atoms. The third kappa shape index (κ3) is 4.18. The number of rotatable bonds is 4.